The van der Waals surface area contributed by atoms with Gasteiger partial charge in [0.25, 0.3) is 0 Å². The summed E-state index contributed by atoms with van der Waals surface area (Å²) in [6.45, 7) is 9.90. The van der Waals surface area contributed by atoms with Crippen LogP contribution in [0.2, 0.25) is 0 Å². The van der Waals surface area contributed by atoms with Gasteiger partial charge in [-0.1, -0.05) is 67.9 Å². The molecule has 0 aliphatic heterocycles. The standard InChI is InChI=1S/C33H39N3O4/c1-6-10-26(20-37)36-29-18-17-27(30(28(29)19-35-36)39-21-23-11-8-7-9-12-23)24-13-15-25(16-14-24)33(5,22-34)31(38)40-32(2,3)4/h7-9,11-20,26H,6,10,21-22,34H2,1-5H3. The maximum atomic E-state index is 13.1. The molecule has 0 bridgehead atoms. The Bertz CT molecular complexity index is 1460. The van der Waals surface area contributed by atoms with Crippen LogP contribution < -0.4 is 10.5 Å². The first kappa shape index (κ1) is 29.0. The Morgan fingerprint density at radius 1 is 1.02 bits per heavy atom. The molecule has 2 atom stereocenters. The SMILES string of the molecule is CCCC(C=O)n1ncc2c(OCc3ccccc3)c(-c3ccc(C(C)(CN)C(=O)OC(C)(C)C)cc3)ccc21. The summed E-state index contributed by atoms with van der Waals surface area (Å²) in [5, 5.41) is 5.42. The fraction of sp³-hybridized carbons (Fsp3) is 0.364. The smallest absolute Gasteiger partial charge is 0.318 e. The number of esters is 1. The van der Waals surface area contributed by atoms with Crippen molar-refractivity contribution in [2.24, 2.45) is 5.73 Å². The van der Waals surface area contributed by atoms with Crippen LogP contribution in [0.25, 0.3) is 22.0 Å². The van der Waals surface area contributed by atoms with Crippen molar-refractivity contribution in [2.75, 3.05) is 6.54 Å². The highest BCUT2D eigenvalue weighted by atomic mass is 16.6. The zero-order chi connectivity index (χ0) is 28.9. The van der Waals surface area contributed by atoms with Crippen molar-refractivity contribution in [2.45, 2.75) is 71.1 Å². The second-order valence-electron chi connectivity index (χ2n) is 11.3. The number of hydrogen-bond acceptors (Lipinski definition) is 6. The summed E-state index contributed by atoms with van der Waals surface area (Å²) in [7, 11) is 0. The van der Waals surface area contributed by atoms with Crippen LogP contribution in [0.15, 0.2) is 72.9 Å². The highest BCUT2D eigenvalue weighted by molar-refractivity contribution is 5.94. The number of rotatable bonds is 11. The zero-order valence-electron chi connectivity index (χ0n) is 24.0. The number of ether oxygens (including phenoxy) is 2. The van der Waals surface area contributed by atoms with Gasteiger partial charge in [-0.25, -0.2) is 0 Å². The number of benzene rings is 3. The molecule has 3 aromatic carbocycles. The molecule has 4 aromatic rings. The van der Waals surface area contributed by atoms with Crippen LogP contribution >= 0.6 is 0 Å². The molecule has 0 saturated heterocycles. The Labute approximate surface area is 236 Å². The first-order valence-electron chi connectivity index (χ1n) is 13.8. The molecular formula is C33H39N3O4. The second kappa shape index (κ2) is 12.0. The minimum atomic E-state index is -0.980. The largest absolute Gasteiger partial charge is 0.487 e. The molecule has 40 heavy (non-hydrogen) atoms. The first-order valence-corrected chi connectivity index (χ1v) is 13.8. The van der Waals surface area contributed by atoms with E-state index in [-0.39, 0.29) is 18.6 Å². The molecule has 4 rings (SSSR count). The van der Waals surface area contributed by atoms with Gasteiger partial charge in [0.05, 0.1) is 17.1 Å². The fourth-order valence-corrected chi connectivity index (χ4v) is 4.74. The van der Waals surface area contributed by atoms with Crippen molar-refractivity contribution < 1.29 is 19.1 Å². The minimum absolute atomic E-state index is 0.119. The molecular weight excluding hydrogens is 502 g/mol. The van der Waals surface area contributed by atoms with Crippen molar-refractivity contribution >= 4 is 23.2 Å². The third-order valence-corrected chi connectivity index (χ3v) is 7.10. The summed E-state index contributed by atoms with van der Waals surface area (Å²) in [6.07, 6.45) is 4.30. The summed E-state index contributed by atoms with van der Waals surface area (Å²) in [6, 6.07) is 21.4. The Balaban J connectivity index is 1.76. The van der Waals surface area contributed by atoms with E-state index in [1.807, 2.05) is 94.4 Å². The summed E-state index contributed by atoms with van der Waals surface area (Å²) in [5.41, 5.74) is 8.98. The van der Waals surface area contributed by atoms with Crippen molar-refractivity contribution in [3.05, 3.63) is 84.1 Å². The predicted molar refractivity (Wildman–Crippen MR) is 158 cm³/mol. The molecule has 1 aromatic heterocycles. The van der Waals surface area contributed by atoms with Crippen LogP contribution in [0.3, 0.4) is 0 Å². The molecule has 2 N–H and O–H groups in total. The second-order valence-corrected chi connectivity index (χ2v) is 11.3. The van der Waals surface area contributed by atoms with E-state index >= 15 is 0 Å². The number of aldehydes is 1. The normalized spacial score (nSPS) is 13.9. The van der Waals surface area contributed by atoms with Gasteiger partial charge in [-0.3, -0.25) is 9.48 Å². The lowest BCUT2D eigenvalue weighted by molar-refractivity contribution is -0.161. The van der Waals surface area contributed by atoms with Gasteiger partial charge in [-0.15, -0.1) is 0 Å². The Morgan fingerprint density at radius 2 is 1.73 bits per heavy atom. The van der Waals surface area contributed by atoms with E-state index in [2.05, 4.69) is 12.0 Å². The molecule has 0 aliphatic rings. The van der Waals surface area contributed by atoms with Crippen LogP contribution in [0.5, 0.6) is 5.75 Å². The van der Waals surface area contributed by atoms with Gasteiger partial charge in [0.1, 0.15) is 35.7 Å². The van der Waals surface area contributed by atoms with E-state index in [9.17, 15) is 9.59 Å². The Hall–Kier alpha value is -3.97. The molecule has 0 radical (unpaired) electrons. The third-order valence-electron chi connectivity index (χ3n) is 7.10. The van der Waals surface area contributed by atoms with E-state index in [0.717, 1.165) is 45.9 Å². The van der Waals surface area contributed by atoms with Crippen LogP contribution in [0, 0.1) is 0 Å². The lowest BCUT2D eigenvalue weighted by atomic mass is 9.81. The van der Waals surface area contributed by atoms with Gasteiger partial charge in [-0.05, 0) is 62.9 Å². The Morgan fingerprint density at radius 3 is 2.33 bits per heavy atom. The Kier molecular flexibility index (Phi) is 8.74. The molecule has 1 heterocycles. The van der Waals surface area contributed by atoms with E-state index in [1.54, 1.807) is 10.9 Å². The summed E-state index contributed by atoms with van der Waals surface area (Å²) >= 11 is 0. The monoisotopic (exact) mass is 541 g/mol. The van der Waals surface area contributed by atoms with E-state index in [0.29, 0.717) is 18.8 Å². The van der Waals surface area contributed by atoms with Gasteiger partial charge in [0, 0.05) is 12.1 Å². The van der Waals surface area contributed by atoms with Crippen LogP contribution in [-0.2, 0) is 26.3 Å². The lowest BCUT2D eigenvalue weighted by Crippen LogP contribution is -2.44. The average molecular weight is 542 g/mol. The van der Waals surface area contributed by atoms with E-state index in [4.69, 9.17) is 15.2 Å². The highest BCUT2D eigenvalue weighted by Crippen LogP contribution is 2.39. The maximum Gasteiger partial charge on any atom is 0.318 e. The summed E-state index contributed by atoms with van der Waals surface area (Å²) in [4.78, 5) is 24.9. The molecule has 7 heteroatoms. The van der Waals surface area contributed by atoms with Crippen molar-refractivity contribution in [1.82, 2.24) is 9.78 Å². The molecule has 0 spiro atoms. The number of carbonyl (C=O) groups excluding carboxylic acids is 2. The summed E-state index contributed by atoms with van der Waals surface area (Å²) < 4.78 is 13.9. The molecule has 0 saturated carbocycles. The van der Waals surface area contributed by atoms with Gasteiger partial charge in [-0.2, -0.15) is 5.10 Å². The van der Waals surface area contributed by atoms with Crippen molar-refractivity contribution in [3.8, 4) is 16.9 Å². The zero-order valence-corrected chi connectivity index (χ0v) is 24.0. The third kappa shape index (κ3) is 6.10. The number of nitrogens with zero attached hydrogens (tertiary/aromatic N) is 2. The van der Waals surface area contributed by atoms with Gasteiger partial charge in [0.2, 0.25) is 0 Å². The van der Waals surface area contributed by atoms with E-state index < -0.39 is 11.0 Å². The minimum Gasteiger partial charge on any atom is -0.487 e. The number of hydrogen-bond donors (Lipinski definition) is 1. The molecule has 7 nitrogen and oxygen atoms in total. The van der Waals surface area contributed by atoms with Crippen LogP contribution in [0.1, 0.15) is 64.6 Å². The van der Waals surface area contributed by atoms with Gasteiger partial charge in [0.15, 0.2) is 0 Å². The lowest BCUT2D eigenvalue weighted by Gasteiger charge is -2.31. The van der Waals surface area contributed by atoms with Crippen LogP contribution in [-0.4, -0.2) is 34.2 Å². The number of aromatic nitrogens is 2. The van der Waals surface area contributed by atoms with Crippen molar-refractivity contribution in [1.29, 1.82) is 0 Å². The molecule has 0 amide bonds. The molecule has 0 fully saturated rings. The first-order chi connectivity index (χ1) is 19.1. The molecule has 2 unspecified atom stereocenters. The highest BCUT2D eigenvalue weighted by Gasteiger charge is 2.37. The maximum absolute atomic E-state index is 13.1. The van der Waals surface area contributed by atoms with E-state index in [1.165, 1.54) is 0 Å². The summed E-state index contributed by atoms with van der Waals surface area (Å²) in [5.74, 6) is 0.336. The van der Waals surface area contributed by atoms with Crippen molar-refractivity contribution in [3.63, 3.8) is 0 Å². The van der Waals surface area contributed by atoms with Gasteiger partial charge >= 0.3 is 5.97 Å². The number of nitrogens with two attached hydrogens (primary N) is 1. The molecule has 0 aliphatic carbocycles. The fourth-order valence-electron chi connectivity index (χ4n) is 4.74. The quantitative estimate of drug-likeness (QED) is 0.175. The number of carbonyl (C=O) groups is 2. The predicted octanol–water partition coefficient (Wildman–Crippen LogP) is 6.38. The number of fused-ring (bicyclic) bond motifs is 1. The average Bonchev–Trinajstić information content (AvgIpc) is 3.38. The van der Waals surface area contributed by atoms with Gasteiger partial charge < -0.3 is 20.0 Å². The molecule has 210 valence electrons. The van der Waals surface area contributed by atoms with Crippen LogP contribution in [0.4, 0.5) is 0 Å². The topological polar surface area (TPSA) is 96.4 Å².